The maximum atomic E-state index is 12.3. The van der Waals surface area contributed by atoms with Crippen LogP contribution in [0.2, 0.25) is 0 Å². The van der Waals surface area contributed by atoms with Crippen molar-refractivity contribution in [2.45, 2.75) is 6.92 Å². The molecule has 1 aromatic heterocycles. The third kappa shape index (κ3) is 3.16. The molecule has 0 unspecified atom stereocenters. The van der Waals surface area contributed by atoms with Crippen LogP contribution in [-0.2, 0) is 0 Å². The van der Waals surface area contributed by atoms with Gasteiger partial charge < -0.3 is 5.32 Å². The number of thiophene rings is 1. The Kier molecular flexibility index (Phi) is 4.09. The van der Waals surface area contributed by atoms with Gasteiger partial charge in [-0.3, -0.25) is 19.7 Å². The summed E-state index contributed by atoms with van der Waals surface area (Å²) in [6.45, 7) is 1.48. The predicted molar refractivity (Wildman–Crippen MR) is 92.9 cm³/mol. The van der Waals surface area contributed by atoms with Crippen molar-refractivity contribution in [2.75, 3.05) is 5.32 Å². The van der Waals surface area contributed by atoms with E-state index in [1.165, 1.54) is 30.4 Å². The minimum Gasteiger partial charge on any atom is -0.321 e. The molecule has 0 bridgehead atoms. The first kappa shape index (κ1) is 15.8. The summed E-state index contributed by atoms with van der Waals surface area (Å²) < 4.78 is 0.803. The highest BCUT2D eigenvalue weighted by molar-refractivity contribution is 7.20. The summed E-state index contributed by atoms with van der Waals surface area (Å²) in [6.07, 6.45) is 0. The second-order valence-electron chi connectivity index (χ2n) is 5.18. The van der Waals surface area contributed by atoms with Crippen molar-refractivity contribution in [3.05, 3.63) is 69.1 Å². The molecule has 0 saturated heterocycles. The first-order valence-corrected chi connectivity index (χ1v) is 7.86. The van der Waals surface area contributed by atoms with Crippen molar-refractivity contribution < 1.29 is 14.5 Å². The number of hydrogen-bond acceptors (Lipinski definition) is 5. The van der Waals surface area contributed by atoms with E-state index in [1.54, 1.807) is 36.4 Å². The van der Waals surface area contributed by atoms with Gasteiger partial charge in [-0.2, -0.15) is 0 Å². The number of benzene rings is 2. The van der Waals surface area contributed by atoms with Crippen molar-refractivity contribution >= 4 is 44.5 Å². The van der Waals surface area contributed by atoms with Gasteiger partial charge in [-0.05, 0) is 43.3 Å². The molecule has 24 heavy (non-hydrogen) atoms. The Balaban J connectivity index is 1.83. The van der Waals surface area contributed by atoms with Crippen LogP contribution in [0.3, 0.4) is 0 Å². The number of fused-ring (bicyclic) bond motifs is 1. The number of nitro groups is 1. The number of nitrogens with one attached hydrogen (secondary N) is 1. The summed E-state index contributed by atoms with van der Waals surface area (Å²) in [4.78, 5) is 34.4. The molecule has 2 aromatic carbocycles. The fraction of sp³-hybridized carbons (Fsp3) is 0.0588. The molecule has 6 nitrogen and oxygen atoms in total. The fourth-order valence-corrected chi connectivity index (χ4v) is 3.18. The fourth-order valence-electron chi connectivity index (χ4n) is 2.24. The molecule has 0 spiro atoms. The number of nitro benzene ring substituents is 1. The lowest BCUT2D eigenvalue weighted by Crippen LogP contribution is -2.10. The molecule has 1 N–H and O–H groups in total. The standard InChI is InChI=1S/C17H12N2O4S/c1-10(20)11-2-4-13(5-3-11)18-17(21)16-9-12-8-14(19(22)23)6-7-15(12)24-16/h2-9H,1H3,(H,18,21). The molecule has 0 saturated carbocycles. The number of nitrogens with zero attached hydrogens (tertiary/aromatic N) is 1. The Morgan fingerprint density at radius 1 is 1.08 bits per heavy atom. The zero-order chi connectivity index (χ0) is 17.3. The van der Waals surface area contributed by atoms with Gasteiger partial charge in [0.1, 0.15) is 0 Å². The number of anilines is 1. The molecular weight excluding hydrogens is 328 g/mol. The van der Waals surface area contributed by atoms with E-state index in [4.69, 9.17) is 0 Å². The van der Waals surface area contributed by atoms with Gasteiger partial charge in [0.2, 0.25) is 0 Å². The topological polar surface area (TPSA) is 89.3 Å². The lowest BCUT2D eigenvalue weighted by molar-refractivity contribution is -0.384. The van der Waals surface area contributed by atoms with Gasteiger partial charge in [-0.1, -0.05) is 0 Å². The Morgan fingerprint density at radius 2 is 1.79 bits per heavy atom. The third-order valence-corrected chi connectivity index (χ3v) is 4.60. The zero-order valence-corrected chi connectivity index (χ0v) is 13.4. The van der Waals surface area contributed by atoms with Crippen molar-refractivity contribution in [3.8, 4) is 0 Å². The molecular formula is C17H12N2O4S. The summed E-state index contributed by atoms with van der Waals surface area (Å²) in [5.41, 5.74) is 1.14. The van der Waals surface area contributed by atoms with E-state index in [-0.39, 0.29) is 17.4 Å². The minimum absolute atomic E-state index is 0.00733. The summed E-state index contributed by atoms with van der Waals surface area (Å²) in [5, 5.41) is 14.2. The summed E-state index contributed by atoms with van der Waals surface area (Å²) in [7, 11) is 0. The van der Waals surface area contributed by atoms with Crippen LogP contribution >= 0.6 is 11.3 Å². The van der Waals surface area contributed by atoms with E-state index in [9.17, 15) is 19.7 Å². The number of ketones is 1. The molecule has 7 heteroatoms. The van der Waals surface area contributed by atoms with Crippen LogP contribution in [0.5, 0.6) is 0 Å². The van der Waals surface area contributed by atoms with Gasteiger partial charge in [-0.25, -0.2) is 0 Å². The van der Waals surface area contributed by atoms with Crippen LogP contribution in [-0.4, -0.2) is 16.6 Å². The number of carbonyl (C=O) groups is 2. The highest BCUT2D eigenvalue weighted by Gasteiger charge is 2.13. The second-order valence-corrected chi connectivity index (χ2v) is 6.26. The van der Waals surface area contributed by atoms with Crippen LogP contribution < -0.4 is 5.32 Å². The minimum atomic E-state index is -0.465. The Hall–Kier alpha value is -3.06. The molecule has 0 atom stereocenters. The average molecular weight is 340 g/mol. The molecule has 120 valence electrons. The molecule has 0 aliphatic rings. The average Bonchev–Trinajstić information content (AvgIpc) is 2.98. The van der Waals surface area contributed by atoms with Gasteiger partial charge in [0, 0.05) is 33.5 Å². The summed E-state index contributed by atoms with van der Waals surface area (Å²) in [6, 6.07) is 12.7. The largest absolute Gasteiger partial charge is 0.321 e. The Labute approximate surface area is 140 Å². The molecule has 1 amide bonds. The first-order valence-electron chi connectivity index (χ1n) is 7.04. The number of amides is 1. The molecule has 0 aliphatic carbocycles. The van der Waals surface area contributed by atoms with Crippen LogP contribution in [0, 0.1) is 10.1 Å². The normalized spacial score (nSPS) is 10.5. The predicted octanol–water partition coefficient (Wildman–Crippen LogP) is 4.26. The highest BCUT2D eigenvalue weighted by atomic mass is 32.1. The number of Topliss-reactive ketones (excluding diaryl/α,β-unsaturated/α-hetero) is 1. The number of carbonyl (C=O) groups excluding carboxylic acids is 2. The summed E-state index contributed by atoms with van der Waals surface area (Å²) >= 11 is 1.26. The second kappa shape index (κ2) is 6.21. The lowest BCUT2D eigenvalue weighted by Gasteiger charge is -2.04. The molecule has 0 aliphatic heterocycles. The van der Waals surface area contributed by atoms with Crippen molar-refractivity contribution in [3.63, 3.8) is 0 Å². The van der Waals surface area contributed by atoms with Gasteiger partial charge in [-0.15, -0.1) is 11.3 Å². The van der Waals surface area contributed by atoms with Crippen molar-refractivity contribution in [1.29, 1.82) is 0 Å². The van der Waals surface area contributed by atoms with Gasteiger partial charge in [0.25, 0.3) is 11.6 Å². The smallest absolute Gasteiger partial charge is 0.270 e. The van der Waals surface area contributed by atoms with Crippen molar-refractivity contribution in [1.82, 2.24) is 0 Å². The maximum absolute atomic E-state index is 12.3. The van der Waals surface area contributed by atoms with Crippen LogP contribution in [0.15, 0.2) is 48.5 Å². The van der Waals surface area contributed by atoms with E-state index < -0.39 is 4.92 Å². The van der Waals surface area contributed by atoms with E-state index in [2.05, 4.69) is 5.32 Å². The number of non-ortho nitro benzene ring substituents is 1. The third-order valence-electron chi connectivity index (χ3n) is 3.48. The lowest BCUT2D eigenvalue weighted by atomic mass is 10.1. The highest BCUT2D eigenvalue weighted by Crippen LogP contribution is 2.29. The molecule has 3 aromatic rings. The zero-order valence-electron chi connectivity index (χ0n) is 12.6. The SMILES string of the molecule is CC(=O)c1ccc(NC(=O)c2cc3cc([N+](=O)[O-])ccc3s2)cc1. The van der Waals surface area contributed by atoms with Crippen molar-refractivity contribution in [2.24, 2.45) is 0 Å². The van der Waals surface area contributed by atoms with E-state index in [0.29, 0.717) is 21.5 Å². The maximum Gasteiger partial charge on any atom is 0.270 e. The molecule has 0 radical (unpaired) electrons. The van der Waals surface area contributed by atoms with Crippen LogP contribution in [0.4, 0.5) is 11.4 Å². The molecule has 0 fully saturated rings. The quantitative estimate of drug-likeness (QED) is 0.436. The van der Waals surface area contributed by atoms with E-state index >= 15 is 0 Å². The number of rotatable bonds is 4. The monoisotopic (exact) mass is 340 g/mol. The van der Waals surface area contributed by atoms with E-state index in [1.807, 2.05) is 0 Å². The number of hydrogen-bond donors (Lipinski definition) is 1. The van der Waals surface area contributed by atoms with Gasteiger partial charge in [0.15, 0.2) is 5.78 Å². The summed E-state index contributed by atoms with van der Waals surface area (Å²) in [5.74, 6) is -0.339. The van der Waals surface area contributed by atoms with Crippen LogP contribution in [0.25, 0.3) is 10.1 Å². The molecule has 1 heterocycles. The Morgan fingerprint density at radius 3 is 2.42 bits per heavy atom. The van der Waals surface area contributed by atoms with Gasteiger partial charge >= 0.3 is 0 Å². The molecule has 3 rings (SSSR count). The van der Waals surface area contributed by atoms with Crippen LogP contribution in [0.1, 0.15) is 27.0 Å². The first-order chi connectivity index (χ1) is 11.4. The van der Waals surface area contributed by atoms with E-state index in [0.717, 1.165) is 4.70 Å². The van der Waals surface area contributed by atoms with Gasteiger partial charge in [0.05, 0.1) is 9.80 Å². The Bertz CT molecular complexity index is 960.